The van der Waals surface area contributed by atoms with Crippen LogP contribution in [0.15, 0.2) is 24.3 Å². The predicted octanol–water partition coefficient (Wildman–Crippen LogP) is 3.41. The number of nitrogens with one attached hydrogen (secondary N) is 1. The van der Waals surface area contributed by atoms with Crippen LogP contribution < -0.4 is 5.48 Å². The molecule has 1 rings (SSSR count). The second-order valence-electron chi connectivity index (χ2n) is 4.09. The first kappa shape index (κ1) is 12.2. The summed E-state index contributed by atoms with van der Waals surface area (Å²) >= 11 is 0. The molecule has 15 heavy (non-hydrogen) atoms. The molecule has 0 amide bonds. The van der Waals surface area contributed by atoms with Crippen molar-refractivity contribution in [3.8, 4) is 0 Å². The van der Waals surface area contributed by atoms with Gasteiger partial charge in [0.1, 0.15) is 0 Å². The Morgan fingerprint density at radius 1 is 1.07 bits per heavy atom. The van der Waals surface area contributed by atoms with Crippen molar-refractivity contribution in [3.63, 3.8) is 0 Å². The van der Waals surface area contributed by atoms with Crippen LogP contribution in [0.1, 0.15) is 50.8 Å². The quantitative estimate of drug-likeness (QED) is 0.747. The van der Waals surface area contributed by atoms with Gasteiger partial charge in [0.05, 0.1) is 12.6 Å². The minimum atomic E-state index is 0.242. The summed E-state index contributed by atoms with van der Waals surface area (Å²) in [6, 6.07) is 8.93. The van der Waals surface area contributed by atoms with Crippen LogP contribution in [-0.2, 0) is 4.84 Å². The van der Waals surface area contributed by atoms with E-state index in [0.29, 0.717) is 12.5 Å². The van der Waals surface area contributed by atoms with Gasteiger partial charge in [-0.1, -0.05) is 38.1 Å². The molecule has 0 fully saturated rings. The van der Waals surface area contributed by atoms with E-state index in [1.54, 1.807) is 0 Å². The Labute approximate surface area is 92.6 Å². The minimum absolute atomic E-state index is 0.242. The molecule has 0 aliphatic rings. The van der Waals surface area contributed by atoms with Gasteiger partial charge < -0.3 is 4.84 Å². The predicted molar refractivity (Wildman–Crippen MR) is 63.7 cm³/mol. The second kappa shape index (κ2) is 5.89. The summed E-state index contributed by atoms with van der Waals surface area (Å²) in [5.74, 6) is 0.592. The SMILES string of the molecule is CCONC(C)c1ccc(C(C)C)cc1. The number of hydroxylamine groups is 1. The molecule has 1 N–H and O–H groups in total. The summed E-state index contributed by atoms with van der Waals surface area (Å²) in [4.78, 5) is 5.18. The van der Waals surface area contributed by atoms with Gasteiger partial charge >= 0.3 is 0 Å². The first-order valence-corrected chi connectivity index (χ1v) is 5.62. The van der Waals surface area contributed by atoms with Gasteiger partial charge in [-0.25, -0.2) is 0 Å². The van der Waals surface area contributed by atoms with E-state index in [-0.39, 0.29) is 6.04 Å². The van der Waals surface area contributed by atoms with Gasteiger partial charge in [-0.05, 0) is 30.9 Å². The highest BCUT2D eigenvalue weighted by Crippen LogP contribution is 2.18. The van der Waals surface area contributed by atoms with Crippen LogP contribution in [-0.4, -0.2) is 6.61 Å². The maximum atomic E-state index is 5.18. The summed E-state index contributed by atoms with van der Waals surface area (Å²) in [6.45, 7) is 9.17. The minimum Gasteiger partial charge on any atom is -0.302 e. The molecule has 84 valence electrons. The van der Waals surface area contributed by atoms with Gasteiger partial charge in [0, 0.05) is 0 Å². The molecular weight excluding hydrogens is 186 g/mol. The van der Waals surface area contributed by atoms with Crippen LogP contribution in [0.4, 0.5) is 0 Å². The Bertz CT molecular complexity index is 279. The highest BCUT2D eigenvalue weighted by molar-refractivity contribution is 5.26. The van der Waals surface area contributed by atoms with Crippen molar-refractivity contribution in [2.75, 3.05) is 6.61 Å². The molecule has 0 aliphatic heterocycles. The maximum Gasteiger partial charge on any atom is 0.0654 e. The summed E-state index contributed by atoms with van der Waals surface area (Å²) in [6.07, 6.45) is 0. The fraction of sp³-hybridized carbons (Fsp3) is 0.538. The third-order valence-electron chi connectivity index (χ3n) is 2.51. The summed E-state index contributed by atoms with van der Waals surface area (Å²) in [5.41, 5.74) is 5.63. The smallest absolute Gasteiger partial charge is 0.0654 e. The zero-order valence-electron chi connectivity index (χ0n) is 10.1. The summed E-state index contributed by atoms with van der Waals surface area (Å²) in [7, 11) is 0. The van der Waals surface area contributed by atoms with E-state index in [9.17, 15) is 0 Å². The fourth-order valence-corrected chi connectivity index (χ4v) is 1.45. The molecule has 1 atom stereocenters. The Morgan fingerprint density at radius 2 is 1.60 bits per heavy atom. The molecule has 0 heterocycles. The molecule has 1 unspecified atom stereocenters. The normalized spacial score (nSPS) is 13.1. The topological polar surface area (TPSA) is 21.3 Å². The summed E-state index contributed by atoms with van der Waals surface area (Å²) in [5, 5.41) is 0. The van der Waals surface area contributed by atoms with Crippen molar-refractivity contribution in [1.29, 1.82) is 0 Å². The van der Waals surface area contributed by atoms with Crippen LogP contribution in [0.3, 0.4) is 0 Å². The van der Waals surface area contributed by atoms with Crippen molar-refractivity contribution in [1.82, 2.24) is 5.48 Å². The first-order chi connectivity index (χ1) is 7.15. The van der Waals surface area contributed by atoms with Crippen LogP contribution in [0.25, 0.3) is 0 Å². The maximum absolute atomic E-state index is 5.18. The van der Waals surface area contributed by atoms with E-state index in [1.165, 1.54) is 11.1 Å². The van der Waals surface area contributed by atoms with Gasteiger partial charge in [-0.15, -0.1) is 0 Å². The molecule has 0 saturated carbocycles. The molecule has 1 aromatic rings. The Morgan fingerprint density at radius 3 is 2.07 bits per heavy atom. The van der Waals surface area contributed by atoms with Crippen LogP contribution >= 0.6 is 0 Å². The van der Waals surface area contributed by atoms with Crippen LogP contribution in [0, 0.1) is 0 Å². The highest BCUT2D eigenvalue weighted by Gasteiger charge is 2.05. The Kier molecular flexibility index (Phi) is 4.79. The third-order valence-corrected chi connectivity index (χ3v) is 2.51. The molecule has 1 aromatic carbocycles. The number of hydrogen-bond donors (Lipinski definition) is 1. The molecule has 0 aliphatic carbocycles. The molecule has 2 nitrogen and oxygen atoms in total. The van der Waals surface area contributed by atoms with E-state index in [4.69, 9.17) is 4.84 Å². The number of hydrogen-bond acceptors (Lipinski definition) is 2. The van der Waals surface area contributed by atoms with Crippen molar-refractivity contribution in [2.45, 2.75) is 39.7 Å². The lowest BCUT2D eigenvalue weighted by Gasteiger charge is -2.14. The zero-order valence-corrected chi connectivity index (χ0v) is 10.1. The van der Waals surface area contributed by atoms with Crippen LogP contribution in [0.2, 0.25) is 0 Å². The molecule has 2 heteroatoms. The van der Waals surface area contributed by atoms with Gasteiger partial charge in [-0.2, -0.15) is 5.48 Å². The number of benzene rings is 1. The highest BCUT2D eigenvalue weighted by atomic mass is 16.6. The van der Waals surface area contributed by atoms with Gasteiger partial charge in [-0.3, -0.25) is 0 Å². The zero-order chi connectivity index (χ0) is 11.3. The van der Waals surface area contributed by atoms with Crippen molar-refractivity contribution >= 4 is 0 Å². The fourth-order valence-electron chi connectivity index (χ4n) is 1.45. The van der Waals surface area contributed by atoms with E-state index in [1.807, 2.05) is 6.92 Å². The molecule has 0 saturated heterocycles. The monoisotopic (exact) mass is 207 g/mol. The van der Waals surface area contributed by atoms with Gasteiger partial charge in [0.2, 0.25) is 0 Å². The second-order valence-corrected chi connectivity index (χ2v) is 4.09. The molecular formula is C13H21NO. The Balaban J connectivity index is 2.62. The first-order valence-electron chi connectivity index (χ1n) is 5.62. The largest absolute Gasteiger partial charge is 0.302 e. The van der Waals surface area contributed by atoms with E-state index in [2.05, 4.69) is 50.5 Å². The van der Waals surface area contributed by atoms with Gasteiger partial charge in [0.15, 0.2) is 0 Å². The van der Waals surface area contributed by atoms with E-state index >= 15 is 0 Å². The van der Waals surface area contributed by atoms with Gasteiger partial charge in [0.25, 0.3) is 0 Å². The standard InChI is InChI=1S/C13H21NO/c1-5-15-14-11(4)13-8-6-12(7-9-13)10(2)3/h6-11,14H,5H2,1-4H3. The number of rotatable bonds is 5. The molecule has 0 spiro atoms. The van der Waals surface area contributed by atoms with Crippen molar-refractivity contribution in [2.24, 2.45) is 0 Å². The molecule has 0 radical (unpaired) electrons. The lowest BCUT2D eigenvalue weighted by Crippen LogP contribution is -2.18. The van der Waals surface area contributed by atoms with Crippen molar-refractivity contribution in [3.05, 3.63) is 35.4 Å². The van der Waals surface area contributed by atoms with E-state index < -0.39 is 0 Å². The van der Waals surface area contributed by atoms with E-state index in [0.717, 1.165) is 0 Å². The third kappa shape index (κ3) is 3.65. The molecule has 0 aromatic heterocycles. The lowest BCUT2D eigenvalue weighted by atomic mass is 10.00. The average Bonchev–Trinajstić information content (AvgIpc) is 2.26. The average molecular weight is 207 g/mol. The summed E-state index contributed by atoms with van der Waals surface area (Å²) < 4.78 is 0. The van der Waals surface area contributed by atoms with Crippen molar-refractivity contribution < 1.29 is 4.84 Å². The Hall–Kier alpha value is -0.860. The lowest BCUT2D eigenvalue weighted by molar-refractivity contribution is 0.0285. The molecule has 0 bridgehead atoms. The van der Waals surface area contributed by atoms with Crippen LogP contribution in [0.5, 0.6) is 0 Å².